The molecule has 0 saturated heterocycles. The van der Waals surface area contributed by atoms with E-state index >= 15 is 0 Å². The fraction of sp³-hybridized carbons (Fsp3) is 0.214. The molecular formula is C28H26N4O6. The lowest BCUT2D eigenvalue weighted by Crippen LogP contribution is -2.51. The minimum atomic E-state index is -1.34. The van der Waals surface area contributed by atoms with Crippen LogP contribution >= 0.6 is 0 Å². The number of fused-ring (bicyclic) bond motifs is 1. The minimum absolute atomic E-state index is 0.0947. The van der Waals surface area contributed by atoms with Gasteiger partial charge in [-0.25, -0.2) is 0 Å². The Labute approximate surface area is 218 Å². The number of hydrogen-bond acceptors (Lipinski definition) is 6. The topological polar surface area (TPSA) is 139 Å². The van der Waals surface area contributed by atoms with Gasteiger partial charge in [-0.1, -0.05) is 49.4 Å². The van der Waals surface area contributed by atoms with Crippen LogP contribution in [-0.4, -0.2) is 39.5 Å². The second-order valence-electron chi connectivity index (χ2n) is 9.00. The Morgan fingerprint density at radius 2 is 1.47 bits per heavy atom. The zero-order valence-electron chi connectivity index (χ0n) is 21.1. The fourth-order valence-electron chi connectivity index (χ4n) is 4.54. The molecule has 194 valence electrons. The number of carbonyl (C=O) groups is 4. The molecule has 0 bridgehead atoms. The van der Waals surface area contributed by atoms with E-state index in [1.807, 2.05) is 32.0 Å². The van der Waals surface area contributed by atoms with Crippen molar-refractivity contribution in [2.45, 2.75) is 39.3 Å². The first-order valence-corrected chi connectivity index (χ1v) is 12.0. The number of amides is 4. The van der Waals surface area contributed by atoms with Gasteiger partial charge in [0.25, 0.3) is 23.4 Å². The summed E-state index contributed by atoms with van der Waals surface area (Å²) in [7, 11) is 0. The first-order chi connectivity index (χ1) is 18.1. The molecule has 0 fully saturated rings. The van der Waals surface area contributed by atoms with Crippen molar-refractivity contribution in [3.8, 4) is 0 Å². The third kappa shape index (κ3) is 4.88. The molecule has 3 aromatic carbocycles. The second-order valence-corrected chi connectivity index (χ2v) is 9.00. The van der Waals surface area contributed by atoms with E-state index in [9.17, 15) is 29.3 Å². The zero-order chi connectivity index (χ0) is 27.6. The van der Waals surface area contributed by atoms with Crippen molar-refractivity contribution < 1.29 is 24.1 Å². The number of nitrogens with zero attached hydrogens (tertiary/aromatic N) is 2. The van der Waals surface area contributed by atoms with E-state index in [0.29, 0.717) is 5.69 Å². The highest BCUT2D eigenvalue weighted by Gasteiger charge is 2.42. The van der Waals surface area contributed by atoms with Crippen LogP contribution in [0.25, 0.3) is 0 Å². The number of nitro benzene ring substituents is 1. The summed E-state index contributed by atoms with van der Waals surface area (Å²) >= 11 is 0. The van der Waals surface area contributed by atoms with Gasteiger partial charge in [-0.05, 0) is 49.1 Å². The molecule has 10 heteroatoms. The number of aryl methyl sites for hydroxylation is 2. The van der Waals surface area contributed by atoms with Crippen LogP contribution in [0.15, 0.2) is 66.7 Å². The summed E-state index contributed by atoms with van der Waals surface area (Å²) in [5.41, 5.74) is 2.45. The quantitative estimate of drug-likeness (QED) is 0.264. The molecule has 10 nitrogen and oxygen atoms in total. The summed E-state index contributed by atoms with van der Waals surface area (Å²) in [5, 5.41) is 16.8. The predicted molar refractivity (Wildman–Crippen MR) is 140 cm³/mol. The molecule has 38 heavy (non-hydrogen) atoms. The summed E-state index contributed by atoms with van der Waals surface area (Å²) < 4.78 is 0. The summed E-state index contributed by atoms with van der Waals surface area (Å²) in [4.78, 5) is 64.8. The van der Waals surface area contributed by atoms with Gasteiger partial charge in [0.05, 0.1) is 16.1 Å². The Hall–Kier alpha value is -4.86. The lowest BCUT2D eigenvalue weighted by molar-refractivity contribution is -0.384. The van der Waals surface area contributed by atoms with Crippen molar-refractivity contribution >= 4 is 35.0 Å². The van der Waals surface area contributed by atoms with E-state index < -0.39 is 40.6 Å². The monoisotopic (exact) mass is 514 g/mol. The van der Waals surface area contributed by atoms with Gasteiger partial charge in [-0.3, -0.25) is 34.2 Å². The molecule has 2 N–H and O–H groups in total. The summed E-state index contributed by atoms with van der Waals surface area (Å²) in [6, 6.07) is 14.6. The van der Waals surface area contributed by atoms with E-state index in [-0.39, 0.29) is 28.8 Å². The Morgan fingerprint density at radius 3 is 2.03 bits per heavy atom. The molecule has 0 unspecified atom stereocenters. The van der Waals surface area contributed by atoms with E-state index in [4.69, 9.17) is 0 Å². The average Bonchev–Trinajstić information content (AvgIpc) is 3.15. The van der Waals surface area contributed by atoms with Gasteiger partial charge in [0.1, 0.15) is 12.1 Å². The number of non-ortho nitro benzene ring substituents is 1. The molecule has 1 aliphatic heterocycles. The third-order valence-electron chi connectivity index (χ3n) is 6.52. The fourth-order valence-corrected chi connectivity index (χ4v) is 4.54. The number of hydrogen-bond donors (Lipinski definition) is 2. The van der Waals surface area contributed by atoms with E-state index in [2.05, 4.69) is 10.6 Å². The normalized spacial score (nSPS) is 14.0. The van der Waals surface area contributed by atoms with E-state index in [0.717, 1.165) is 16.0 Å². The number of benzene rings is 3. The molecule has 1 heterocycles. The van der Waals surface area contributed by atoms with Crippen molar-refractivity contribution in [3.05, 3.63) is 105 Å². The van der Waals surface area contributed by atoms with E-state index in [1.165, 1.54) is 36.4 Å². The van der Waals surface area contributed by atoms with Crippen LogP contribution in [0.4, 0.5) is 11.4 Å². The first-order valence-electron chi connectivity index (χ1n) is 12.0. The van der Waals surface area contributed by atoms with Gasteiger partial charge in [0, 0.05) is 17.8 Å². The number of rotatable bonds is 8. The van der Waals surface area contributed by atoms with Crippen LogP contribution in [0.5, 0.6) is 0 Å². The molecule has 1 aliphatic rings. The van der Waals surface area contributed by atoms with Crippen molar-refractivity contribution in [1.29, 1.82) is 0 Å². The number of nitrogens with one attached hydrogen (secondary N) is 2. The maximum absolute atomic E-state index is 13.5. The molecule has 0 radical (unpaired) electrons. The van der Waals surface area contributed by atoms with Crippen LogP contribution in [0.2, 0.25) is 0 Å². The number of para-hydroxylation sites is 1. The predicted octanol–water partition coefficient (Wildman–Crippen LogP) is 4.08. The van der Waals surface area contributed by atoms with Crippen LogP contribution in [-0.2, 0) is 9.59 Å². The molecule has 0 aromatic heterocycles. The number of nitro groups is 1. The maximum atomic E-state index is 13.5. The lowest BCUT2D eigenvalue weighted by atomic mass is 10.0. The third-order valence-corrected chi connectivity index (χ3v) is 6.52. The van der Waals surface area contributed by atoms with Crippen LogP contribution in [0.1, 0.15) is 56.8 Å². The van der Waals surface area contributed by atoms with Gasteiger partial charge in [0.15, 0.2) is 0 Å². The Balaban J connectivity index is 1.68. The minimum Gasteiger partial charge on any atom is -0.339 e. The highest BCUT2D eigenvalue weighted by atomic mass is 16.6. The summed E-state index contributed by atoms with van der Waals surface area (Å²) in [6.45, 7) is 5.28. The first kappa shape index (κ1) is 26.2. The van der Waals surface area contributed by atoms with E-state index in [1.54, 1.807) is 19.1 Å². The molecule has 0 aliphatic carbocycles. The van der Waals surface area contributed by atoms with Gasteiger partial charge in [-0.2, -0.15) is 0 Å². The van der Waals surface area contributed by atoms with Crippen LogP contribution in [0, 0.1) is 24.0 Å². The SMILES string of the molecule is CC[C@H](C(=O)N[C@H](C(=O)Nc1c(C)cccc1C)c1cccc([N+](=O)[O-])c1)N1C(=O)c2ccccc2C1=O. The van der Waals surface area contributed by atoms with Crippen molar-refractivity contribution in [3.63, 3.8) is 0 Å². The van der Waals surface area contributed by atoms with Gasteiger partial charge in [-0.15, -0.1) is 0 Å². The average molecular weight is 515 g/mol. The Bertz CT molecular complexity index is 1410. The highest BCUT2D eigenvalue weighted by Crippen LogP contribution is 2.28. The Morgan fingerprint density at radius 1 is 0.895 bits per heavy atom. The second kappa shape index (κ2) is 10.6. The Kier molecular flexibility index (Phi) is 7.33. The molecule has 2 atom stereocenters. The molecule has 4 amide bonds. The molecular weight excluding hydrogens is 488 g/mol. The smallest absolute Gasteiger partial charge is 0.269 e. The van der Waals surface area contributed by atoms with Crippen molar-refractivity contribution in [2.24, 2.45) is 0 Å². The van der Waals surface area contributed by atoms with Gasteiger partial charge in [0.2, 0.25) is 5.91 Å². The molecule has 0 spiro atoms. The molecule has 0 saturated carbocycles. The summed E-state index contributed by atoms with van der Waals surface area (Å²) in [6.07, 6.45) is 0.0947. The lowest BCUT2D eigenvalue weighted by Gasteiger charge is -2.27. The van der Waals surface area contributed by atoms with Crippen LogP contribution < -0.4 is 10.6 Å². The van der Waals surface area contributed by atoms with Gasteiger partial charge < -0.3 is 10.6 Å². The number of imide groups is 1. The van der Waals surface area contributed by atoms with Crippen molar-refractivity contribution in [1.82, 2.24) is 10.2 Å². The highest BCUT2D eigenvalue weighted by molar-refractivity contribution is 6.23. The standard InChI is InChI=1S/C28H26N4O6/c1-4-22(31-27(35)20-13-5-6-14-21(20)28(31)36)25(33)30-24(18-11-8-12-19(15-18)32(37)38)26(34)29-23-16(2)9-7-10-17(23)3/h5-15,22,24H,4H2,1-3H3,(H,29,34)(H,30,33)/t22-,24+/m1/s1. The van der Waals surface area contributed by atoms with Gasteiger partial charge >= 0.3 is 0 Å². The number of anilines is 1. The van der Waals surface area contributed by atoms with Crippen LogP contribution in [0.3, 0.4) is 0 Å². The number of carbonyl (C=O) groups excluding carboxylic acids is 4. The maximum Gasteiger partial charge on any atom is 0.269 e. The molecule has 4 rings (SSSR count). The molecule has 3 aromatic rings. The summed E-state index contributed by atoms with van der Waals surface area (Å²) in [5.74, 6) is -2.57. The van der Waals surface area contributed by atoms with Crippen molar-refractivity contribution in [2.75, 3.05) is 5.32 Å². The zero-order valence-corrected chi connectivity index (χ0v) is 21.1. The largest absolute Gasteiger partial charge is 0.339 e.